The molecule has 0 saturated carbocycles. The zero-order chi connectivity index (χ0) is 13.8. The van der Waals surface area contributed by atoms with Gasteiger partial charge in [-0.05, 0) is 58.7 Å². The monoisotopic (exact) mass is 320 g/mol. The van der Waals surface area contributed by atoms with Crippen molar-refractivity contribution >= 4 is 27.7 Å². The van der Waals surface area contributed by atoms with E-state index in [0.29, 0.717) is 11.4 Å². The highest BCUT2D eigenvalue weighted by atomic mass is 79.9. The van der Waals surface area contributed by atoms with E-state index in [0.717, 1.165) is 15.8 Å². The van der Waals surface area contributed by atoms with Gasteiger partial charge in [0.1, 0.15) is 11.6 Å². The minimum atomic E-state index is -0.194. The van der Waals surface area contributed by atoms with Gasteiger partial charge in [0.25, 0.3) is 5.91 Å². The van der Waals surface area contributed by atoms with Crippen LogP contribution in [0.3, 0.4) is 0 Å². The van der Waals surface area contributed by atoms with Crippen molar-refractivity contribution in [3.05, 3.63) is 52.1 Å². The van der Waals surface area contributed by atoms with E-state index in [2.05, 4.69) is 26.2 Å². The van der Waals surface area contributed by atoms with Crippen molar-refractivity contribution in [2.45, 2.75) is 6.92 Å². The Hall–Kier alpha value is -1.88. The molecule has 0 fully saturated rings. The highest BCUT2D eigenvalue weighted by Gasteiger charge is 2.09. The summed E-state index contributed by atoms with van der Waals surface area (Å²) in [5, 5.41) is 2.78. The third-order valence-corrected chi connectivity index (χ3v) is 3.06. The van der Waals surface area contributed by atoms with Gasteiger partial charge in [0.15, 0.2) is 0 Å². The van der Waals surface area contributed by atoms with E-state index in [1.807, 2.05) is 13.0 Å². The number of benzene rings is 1. The quantitative estimate of drug-likeness (QED) is 0.942. The van der Waals surface area contributed by atoms with Crippen LogP contribution in [0.1, 0.15) is 15.9 Å². The van der Waals surface area contributed by atoms with Crippen molar-refractivity contribution in [2.24, 2.45) is 0 Å². The number of carbonyl (C=O) groups is 1. The molecule has 0 aliphatic carbocycles. The number of hydrogen-bond acceptors (Lipinski definition) is 3. The number of carbonyl (C=O) groups excluding carboxylic acids is 1. The molecular weight excluding hydrogens is 308 g/mol. The van der Waals surface area contributed by atoms with Crippen LogP contribution in [-0.2, 0) is 0 Å². The molecule has 5 heteroatoms. The number of aromatic nitrogens is 1. The summed E-state index contributed by atoms with van der Waals surface area (Å²) in [6, 6.07) is 8.81. The molecule has 0 spiro atoms. The molecular formula is C14H13BrN2O2. The molecule has 0 bridgehead atoms. The lowest BCUT2D eigenvalue weighted by Crippen LogP contribution is -2.13. The largest absolute Gasteiger partial charge is 0.497 e. The van der Waals surface area contributed by atoms with E-state index in [1.165, 1.54) is 0 Å². The topological polar surface area (TPSA) is 51.2 Å². The SMILES string of the molecule is COc1ccc(C(=O)Nc2ncc(Br)cc2C)cc1. The second-order valence-electron chi connectivity index (χ2n) is 4.00. The molecule has 2 aromatic rings. The van der Waals surface area contributed by atoms with Gasteiger partial charge in [-0.1, -0.05) is 0 Å². The van der Waals surface area contributed by atoms with Crippen LogP contribution >= 0.6 is 15.9 Å². The normalized spacial score (nSPS) is 10.1. The molecule has 1 amide bonds. The molecule has 0 saturated heterocycles. The van der Waals surface area contributed by atoms with E-state index in [4.69, 9.17) is 4.74 Å². The lowest BCUT2D eigenvalue weighted by molar-refractivity contribution is 0.102. The summed E-state index contributed by atoms with van der Waals surface area (Å²) >= 11 is 3.33. The lowest BCUT2D eigenvalue weighted by atomic mass is 10.2. The van der Waals surface area contributed by atoms with Gasteiger partial charge in [0.05, 0.1) is 7.11 Å². The molecule has 19 heavy (non-hydrogen) atoms. The van der Waals surface area contributed by atoms with Gasteiger partial charge in [0.2, 0.25) is 0 Å². The van der Waals surface area contributed by atoms with Gasteiger partial charge in [-0.15, -0.1) is 0 Å². The zero-order valence-electron chi connectivity index (χ0n) is 10.6. The summed E-state index contributed by atoms with van der Waals surface area (Å²) < 4.78 is 5.93. The second-order valence-corrected chi connectivity index (χ2v) is 4.92. The Morgan fingerprint density at radius 1 is 1.32 bits per heavy atom. The number of halogens is 1. The molecule has 0 aliphatic heterocycles. The molecule has 1 heterocycles. The smallest absolute Gasteiger partial charge is 0.256 e. The molecule has 1 aromatic carbocycles. The molecule has 1 N–H and O–H groups in total. The number of aryl methyl sites for hydroxylation is 1. The Kier molecular flexibility index (Phi) is 4.16. The number of rotatable bonds is 3. The fourth-order valence-corrected chi connectivity index (χ4v) is 2.04. The maximum absolute atomic E-state index is 12.0. The molecule has 0 unspecified atom stereocenters. The van der Waals surface area contributed by atoms with Gasteiger partial charge in [-0.25, -0.2) is 4.98 Å². The van der Waals surface area contributed by atoms with Crippen molar-refractivity contribution in [3.8, 4) is 5.75 Å². The number of methoxy groups -OCH3 is 1. The van der Waals surface area contributed by atoms with E-state index in [-0.39, 0.29) is 5.91 Å². The van der Waals surface area contributed by atoms with Gasteiger partial charge >= 0.3 is 0 Å². The van der Waals surface area contributed by atoms with Gasteiger partial charge < -0.3 is 10.1 Å². The Morgan fingerprint density at radius 3 is 2.58 bits per heavy atom. The molecule has 2 rings (SSSR count). The van der Waals surface area contributed by atoms with Crippen molar-refractivity contribution in [1.82, 2.24) is 4.98 Å². The minimum Gasteiger partial charge on any atom is -0.497 e. The highest BCUT2D eigenvalue weighted by molar-refractivity contribution is 9.10. The first-order chi connectivity index (χ1) is 9.10. The number of amides is 1. The van der Waals surface area contributed by atoms with Crippen LogP contribution in [0.5, 0.6) is 5.75 Å². The van der Waals surface area contributed by atoms with Crippen molar-refractivity contribution in [1.29, 1.82) is 0 Å². The maximum atomic E-state index is 12.0. The molecule has 4 nitrogen and oxygen atoms in total. The molecule has 98 valence electrons. The fourth-order valence-electron chi connectivity index (χ4n) is 1.59. The van der Waals surface area contributed by atoms with Gasteiger partial charge in [-0.3, -0.25) is 4.79 Å². The Labute approximate surface area is 119 Å². The van der Waals surface area contributed by atoms with Crippen LogP contribution in [0.2, 0.25) is 0 Å². The van der Waals surface area contributed by atoms with Crippen molar-refractivity contribution in [2.75, 3.05) is 12.4 Å². The second kappa shape index (κ2) is 5.84. The van der Waals surface area contributed by atoms with Crippen LogP contribution in [0.4, 0.5) is 5.82 Å². The summed E-state index contributed by atoms with van der Waals surface area (Å²) in [6.07, 6.45) is 1.65. The summed E-state index contributed by atoms with van der Waals surface area (Å²) in [6.45, 7) is 1.89. The summed E-state index contributed by atoms with van der Waals surface area (Å²) in [7, 11) is 1.59. The number of ether oxygens (including phenoxy) is 1. The summed E-state index contributed by atoms with van der Waals surface area (Å²) in [5.41, 5.74) is 1.46. The lowest BCUT2D eigenvalue weighted by Gasteiger charge is -2.08. The van der Waals surface area contributed by atoms with E-state index in [9.17, 15) is 4.79 Å². The van der Waals surface area contributed by atoms with E-state index < -0.39 is 0 Å². The first kappa shape index (κ1) is 13.5. The van der Waals surface area contributed by atoms with E-state index >= 15 is 0 Å². The Bertz CT molecular complexity index is 597. The average molecular weight is 321 g/mol. The molecule has 0 atom stereocenters. The first-order valence-electron chi connectivity index (χ1n) is 5.67. The predicted molar refractivity (Wildman–Crippen MR) is 77.6 cm³/mol. The minimum absolute atomic E-state index is 0.194. The zero-order valence-corrected chi connectivity index (χ0v) is 12.2. The van der Waals surface area contributed by atoms with Crippen LogP contribution in [-0.4, -0.2) is 18.0 Å². The van der Waals surface area contributed by atoms with Crippen LogP contribution in [0.15, 0.2) is 41.0 Å². The Balaban J connectivity index is 2.15. The summed E-state index contributed by atoms with van der Waals surface area (Å²) in [5.74, 6) is 1.08. The van der Waals surface area contributed by atoms with Gasteiger partial charge in [-0.2, -0.15) is 0 Å². The number of anilines is 1. The number of nitrogens with one attached hydrogen (secondary N) is 1. The summed E-state index contributed by atoms with van der Waals surface area (Å²) in [4.78, 5) is 16.2. The highest BCUT2D eigenvalue weighted by Crippen LogP contribution is 2.18. The average Bonchev–Trinajstić information content (AvgIpc) is 2.42. The van der Waals surface area contributed by atoms with E-state index in [1.54, 1.807) is 37.6 Å². The standard InChI is InChI=1S/C14H13BrN2O2/c1-9-7-11(15)8-16-13(9)17-14(18)10-3-5-12(19-2)6-4-10/h3-8H,1-2H3,(H,16,17,18). The first-order valence-corrected chi connectivity index (χ1v) is 6.47. The maximum Gasteiger partial charge on any atom is 0.256 e. The van der Waals surface area contributed by atoms with Gasteiger partial charge in [0, 0.05) is 16.2 Å². The van der Waals surface area contributed by atoms with Crippen LogP contribution < -0.4 is 10.1 Å². The van der Waals surface area contributed by atoms with Crippen LogP contribution in [0, 0.1) is 6.92 Å². The number of nitrogens with zero attached hydrogens (tertiary/aromatic N) is 1. The predicted octanol–water partition coefficient (Wildman–Crippen LogP) is 3.41. The van der Waals surface area contributed by atoms with Crippen molar-refractivity contribution in [3.63, 3.8) is 0 Å². The molecule has 0 radical (unpaired) electrons. The third kappa shape index (κ3) is 3.32. The van der Waals surface area contributed by atoms with Crippen LogP contribution in [0.25, 0.3) is 0 Å². The number of pyridine rings is 1. The third-order valence-electron chi connectivity index (χ3n) is 2.63. The fraction of sp³-hybridized carbons (Fsp3) is 0.143. The Morgan fingerprint density at radius 2 is 2.00 bits per heavy atom. The van der Waals surface area contributed by atoms with Crippen molar-refractivity contribution < 1.29 is 9.53 Å². The molecule has 1 aromatic heterocycles. The molecule has 0 aliphatic rings. The number of hydrogen-bond donors (Lipinski definition) is 1.